The topological polar surface area (TPSA) is 46.2 Å². The molecule has 1 unspecified atom stereocenters. The van der Waals surface area contributed by atoms with E-state index in [0.717, 1.165) is 19.4 Å². The largest absolute Gasteiger partial charge is 0.311 e. The van der Waals surface area contributed by atoms with Crippen LogP contribution in [0, 0.1) is 0 Å². The van der Waals surface area contributed by atoms with Crippen LogP contribution in [0.5, 0.6) is 0 Å². The Bertz CT molecular complexity index is 692. The second-order valence-electron chi connectivity index (χ2n) is 5.43. The average Bonchev–Trinajstić information content (AvgIpc) is 3.07. The molecule has 5 heteroatoms. The maximum Gasteiger partial charge on any atom is 0.154 e. The van der Waals surface area contributed by atoms with Gasteiger partial charge in [-0.3, -0.25) is 0 Å². The maximum atomic E-state index is 11.8. The number of thiophene rings is 1. The number of hydrogen-bond acceptors (Lipinski definition) is 4. The minimum absolute atomic E-state index is 0.189. The van der Waals surface area contributed by atoms with Gasteiger partial charge in [0.15, 0.2) is 9.84 Å². The summed E-state index contributed by atoms with van der Waals surface area (Å²) in [6, 6.07) is 12.5. The molecule has 1 N–H and O–H groups in total. The number of rotatable bonds is 5. The van der Waals surface area contributed by atoms with Crippen LogP contribution < -0.4 is 5.32 Å². The summed E-state index contributed by atoms with van der Waals surface area (Å²) in [5.41, 5.74) is 2.45. The summed E-state index contributed by atoms with van der Waals surface area (Å²) in [4.78, 5) is 1.24. The Labute approximate surface area is 129 Å². The van der Waals surface area contributed by atoms with Gasteiger partial charge < -0.3 is 5.32 Å². The first-order valence-corrected chi connectivity index (χ1v) is 9.80. The van der Waals surface area contributed by atoms with Crippen molar-refractivity contribution in [2.24, 2.45) is 0 Å². The molecule has 1 atom stereocenters. The molecular weight excluding hydrogens is 302 g/mol. The van der Waals surface area contributed by atoms with Crippen molar-refractivity contribution in [3.63, 3.8) is 0 Å². The predicted octanol–water partition coefficient (Wildman–Crippen LogP) is 3.08. The predicted molar refractivity (Wildman–Crippen MR) is 88.3 cm³/mol. The lowest BCUT2D eigenvalue weighted by Gasteiger charge is -2.09. The minimum atomic E-state index is -2.84. The Balaban J connectivity index is 1.56. The van der Waals surface area contributed by atoms with Gasteiger partial charge in [-0.25, -0.2) is 8.42 Å². The summed E-state index contributed by atoms with van der Waals surface area (Å²) in [6.07, 6.45) is 1.61. The van der Waals surface area contributed by atoms with Crippen molar-refractivity contribution in [1.29, 1.82) is 0 Å². The van der Waals surface area contributed by atoms with E-state index in [-0.39, 0.29) is 5.25 Å². The zero-order chi connectivity index (χ0) is 14.7. The van der Waals surface area contributed by atoms with Crippen molar-refractivity contribution in [2.75, 3.05) is 12.3 Å². The average molecular weight is 321 g/mol. The summed E-state index contributed by atoms with van der Waals surface area (Å²) >= 11 is 1.71. The monoisotopic (exact) mass is 321 g/mol. The molecular formula is C16H19NO2S2. The van der Waals surface area contributed by atoms with Crippen LogP contribution in [-0.4, -0.2) is 26.0 Å². The quantitative estimate of drug-likeness (QED) is 0.920. The Hall–Kier alpha value is -1.17. The SMILES string of the molecule is O=S1(=O)CCCC1CNCc1cc(-c2ccccc2)cs1. The molecule has 3 rings (SSSR count). The fourth-order valence-corrected chi connectivity index (χ4v) is 5.36. The molecule has 1 aromatic carbocycles. The lowest BCUT2D eigenvalue weighted by molar-refractivity contribution is 0.575. The van der Waals surface area contributed by atoms with Crippen molar-refractivity contribution in [3.8, 4) is 11.1 Å². The van der Waals surface area contributed by atoms with E-state index in [2.05, 4.69) is 28.9 Å². The lowest BCUT2D eigenvalue weighted by atomic mass is 10.1. The molecule has 2 aromatic rings. The van der Waals surface area contributed by atoms with Gasteiger partial charge in [-0.15, -0.1) is 11.3 Å². The normalized spacial score (nSPS) is 20.7. The first-order chi connectivity index (χ1) is 10.1. The summed E-state index contributed by atoms with van der Waals surface area (Å²) in [7, 11) is -2.84. The highest BCUT2D eigenvalue weighted by Crippen LogP contribution is 2.25. The Morgan fingerprint density at radius 2 is 2.00 bits per heavy atom. The molecule has 0 aliphatic carbocycles. The fraction of sp³-hybridized carbons (Fsp3) is 0.375. The third kappa shape index (κ3) is 3.54. The molecule has 3 nitrogen and oxygen atoms in total. The Morgan fingerprint density at radius 3 is 2.71 bits per heavy atom. The van der Waals surface area contributed by atoms with Crippen molar-refractivity contribution in [3.05, 3.63) is 46.7 Å². The van der Waals surface area contributed by atoms with E-state index in [9.17, 15) is 8.42 Å². The summed E-state index contributed by atoms with van der Waals surface area (Å²) in [5.74, 6) is 0.358. The smallest absolute Gasteiger partial charge is 0.154 e. The van der Waals surface area contributed by atoms with E-state index >= 15 is 0 Å². The van der Waals surface area contributed by atoms with Gasteiger partial charge in [-0.05, 0) is 35.4 Å². The van der Waals surface area contributed by atoms with E-state index in [0.29, 0.717) is 12.3 Å². The van der Waals surface area contributed by atoms with Crippen molar-refractivity contribution < 1.29 is 8.42 Å². The highest BCUT2D eigenvalue weighted by molar-refractivity contribution is 7.92. The number of sulfone groups is 1. The molecule has 0 amide bonds. The molecule has 2 heterocycles. The van der Waals surface area contributed by atoms with Crippen molar-refractivity contribution in [1.82, 2.24) is 5.32 Å². The van der Waals surface area contributed by atoms with E-state index in [1.807, 2.05) is 18.2 Å². The number of nitrogens with one attached hydrogen (secondary N) is 1. The van der Waals surface area contributed by atoms with Gasteiger partial charge in [-0.1, -0.05) is 30.3 Å². The van der Waals surface area contributed by atoms with Gasteiger partial charge in [0.2, 0.25) is 0 Å². The van der Waals surface area contributed by atoms with Crippen LogP contribution in [0.2, 0.25) is 0 Å². The third-order valence-electron chi connectivity index (χ3n) is 3.89. The van der Waals surface area contributed by atoms with Crippen molar-refractivity contribution in [2.45, 2.75) is 24.6 Å². The van der Waals surface area contributed by atoms with Gasteiger partial charge in [0, 0.05) is 18.0 Å². The fourth-order valence-electron chi connectivity index (χ4n) is 2.70. The second-order valence-corrected chi connectivity index (χ2v) is 8.83. The van der Waals surface area contributed by atoms with E-state index in [1.165, 1.54) is 16.0 Å². The molecule has 0 saturated carbocycles. The molecule has 1 aliphatic heterocycles. The molecule has 1 aliphatic rings. The summed E-state index contributed by atoms with van der Waals surface area (Å²) < 4.78 is 23.5. The van der Waals surface area contributed by atoms with Gasteiger partial charge in [0.1, 0.15) is 0 Å². The van der Waals surface area contributed by atoms with Gasteiger partial charge >= 0.3 is 0 Å². The van der Waals surface area contributed by atoms with Crippen LogP contribution >= 0.6 is 11.3 Å². The van der Waals surface area contributed by atoms with Crippen LogP contribution in [0.1, 0.15) is 17.7 Å². The van der Waals surface area contributed by atoms with E-state index < -0.39 is 9.84 Å². The molecule has 1 aromatic heterocycles. The molecule has 0 bridgehead atoms. The molecule has 0 radical (unpaired) electrons. The number of hydrogen-bond donors (Lipinski definition) is 1. The second kappa shape index (κ2) is 6.30. The van der Waals surface area contributed by atoms with E-state index in [4.69, 9.17) is 0 Å². The maximum absolute atomic E-state index is 11.8. The van der Waals surface area contributed by atoms with Crippen LogP contribution in [0.4, 0.5) is 0 Å². The summed E-state index contributed by atoms with van der Waals surface area (Å²) in [6.45, 7) is 1.31. The zero-order valence-electron chi connectivity index (χ0n) is 11.8. The van der Waals surface area contributed by atoms with Crippen LogP contribution in [0.25, 0.3) is 11.1 Å². The highest BCUT2D eigenvalue weighted by Gasteiger charge is 2.30. The third-order valence-corrected chi connectivity index (χ3v) is 7.11. The van der Waals surface area contributed by atoms with Gasteiger partial charge in [0.25, 0.3) is 0 Å². The molecule has 21 heavy (non-hydrogen) atoms. The molecule has 112 valence electrons. The minimum Gasteiger partial charge on any atom is -0.311 e. The number of benzene rings is 1. The van der Waals surface area contributed by atoms with Gasteiger partial charge in [-0.2, -0.15) is 0 Å². The van der Waals surface area contributed by atoms with E-state index in [1.54, 1.807) is 11.3 Å². The Morgan fingerprint density at radius 1 is 1.19 bits per heavy atom. The Kier molecular flexibility index (Phi) is 4.42. The summed E-state index contributed by atoms with van der Waals surface area (Å²) in [5, 5.41) is 5.26. The highest BCUT2D eigenvalue weighted by atomic mass is 32.2. The molecule has 1 saturated heterocycles. The molecule has 0 spiro atoms. The first kappa shape index (κ1) is 14.8. The zero-order valence-corrected chi connectivity index (χ0v) is 13.4. The molecule has 1 fully saturated rings. The first-order valence-electron chi connectivity index (χ1n) is 7.20. The van der Waals surface area contributed by atoms with Crippen LogP contribution in [0.3, 0.4) is 0 Å². The van der Waals surface area contributed by atoms with Gasteiger partial charge in [0.05, 0.1) is 11.0 Å². The van der Waals surface area contributed by atoms with Crippen molar-refractivity contribution >= 4 is 21.2 Å². The standard InChI is InChI=1S/C16H19NO2S2/c18-21(19)8-4-7-16(21)11-17-10-15-9-14(12-20-15)13-5-2-1-3-6-13/h1-3,5-6,9,12,16-17H,4,7-8,10-11H2. The van der Waals surface area contributed by atoms with Crippen LogP contribution in [0.15, 0.2) is 41.8 Å². The van der Waals surface area contributed by atoms with Crippen LogP contribution in [-0.2, 0) is 16.4 Å². The lowest BCUT2D eigenvalue weighted by Crippen LogP contribution is -2.29.